The number of rotatable bonds is 8. The normalized spacial score (nSPS) is 14.0. The lowest BCUT2D eigenvalue weighted by molar-refractivity contribution is -0.123. The fourth-order valence-corrected chi connectivity index (χ4v) is 3.55. The molecule has 0 spiro atoms. The summed E-state index contributed by atoms with van der Waals surface area (Å²) in [6.07, 6.45) is 1.57. The number of thioether (sulfide) groups is 1. The van der Waals surface area contributed by atoms with Crippen molar-refractivity contribution < 1.29 is 19.0 Å². The van der Waals surface area contributed by atoms with Crippen LogP contribution in [0.3, 0.4) is 0 Å². The quantitative estimate of drug-likeness (QED) is 0.359. The highest BCUT2D eigenvalue weighted by Crippen LogP contribution is 2.28. The second-order valence-corrected chi connectivity index (χ2v) is 7.97. The number of hydrazone groups is 1. The van der Waals surface area contributed by atoms with E-state index in [-0.39, 0.29) is 5.91 Å². The lowest BCUT2D eigenvalue weighted by atomic mass is 10.1. The number of nitrogens with zero attached hydrogens (tertiary/aromatic N) is 2. The number of aryl methyl sites for hydroxylation is 2. The van der Waals surface area contributed by atoms with Crippen LogP contribution in [-0.2, 0) is 4.79 Å². The molecule has 1 aliphatic rings. The van der Waals surface area contributed by atoms with Crippen LogP contribution >= 0.6 is 24.0 Å². The Morgan fingerprint density at radius 2 is 1.90 bits per heavy atom. The maximum atomic E-state index is 11.7. The molecule has 6 nitrogen and oxygen atoms in total. The van der Waals surface area contributed by atoms with Gasteiger partial charge in [-0.15, -0.1) is 0 Å². The summed E-state index contributed by atoms with van der Waals surface area (Å²) < 4.78 is 17.4. The Labute approximate surface area is 179 Å². The minimum atomic E-state index is -0.119. The van der Waals surface area contributed by atoms with Crippen LogP contribution in [0.2, 0.25) is 0 Å². The minimum absolute atomic E-state index is 0.119. The van der Waals surface area contributed by atoms with Crippen molar-refractivity contribution in [2.45, 2.75) is 13.8 Å². The Morgan fingerprint density at radius 3 is 2.59 bits per heavy atom. The Morgan fingerprint density at radius 1 is 1.10 bits per heavy atom. The predicted molar refractivity (Wildman–Crippen MR) is 119 cm³/mol. The second-order valence-electron chi connectivity index (χ2n) is 6.36. The van der Waals surface area contributed by atoms with E-state index in [9.17, 15) is 4.79 Å². The fourth-order valence-electron chi connectivity index (χ4n) is 2.58. The summed E-state index contributed by atoms with van der Waals surface area (Å²) >= 11 is 6.42. The molecular formula is C21H22N2O4S2. The standard InChI is InChI=1S/C21H22N2O4S2/c1-14-4-6-17(10-15(14)2)26-8-9-27-18-7-5-16(11-19(18)25-3)12-22-23-20(24)13-29-21(23)28/h4-7,10-12H,8-9,13H2,1-3H3. The number of methoxy groups -OCH3 is 1. The third-order valence-electron chi connectivity index (χ3n) is 4.33. The molecule has 2 aromatic rings. The van der Waals surface area contributed by atoms with Crippen molar-refractivity contribution in [1.82, 2.24) is 5.01 Å². The van der Waals surface area contributed by atoms with Crippen LogP contribution in [0.25, 0.3) is 0 Å². The summed E-state index contributed by atoms with van der Waals surface area (Å²) in [5, 5.41) is 5.40. The Hall–Kier alpha value is -2.58. The number of hydrogen-bond donors (Lipinski definition) is 0. The van der Waals surface area contributed by atoms with Crippen molar-refractivity contribution in [2.24, 2.45) is 5.10 Å². The molecule has 0 atom stereocenters. The minimum Gasteiger partial charge on any atom is -0.493 e. The summed E-state index contributed by atoms with van der Waals surface area (Å²) in [6, 6.07) is 11.4. The second kappa shape index (κ2) is 9.76. The van der Waals surface area contributed by atoms with Gasteiger partial charge in [-0.3, -0.25) is 4.79 Å². The van der Waals surface area contributed by atoms with Gasteiger partial charge in [-0.2, -0.15) is 10.1 Å². The van der Waals surface area contributed by atoms with Gasteiger partial charge in [-0.05, 0) is 60.9 Å². The molecule has 0 unspecified atom stereocenters. The van der Waals surface area contributed by atoms with E-state index in [4.69, 9.17) is 26.4 Å². The number of carbonyl (C=O) groups excluding carboxylic acids is 1. The predicted octanol–water partition coefficient (Wildman–Crippen LogP) is 3.96. The third-order valence-corrected chi connectivity index (χ3v) is 5.66. The Bertz CT molecular complexity index is 930. The van der Waals surface area contributed by atoms with Crippen LogP contribution in [0.4, 0.5) is 0 Å². The zero-order chi connectivity index (χ0) is 20.8. The van der Waals surface area contributed by atoms with Gasteiger partial charge in [0.05, 0.1) is 19.1 Å². The third kappa shape index (κ3) is 5.48. The van der Waals surface area contributed by atoms with E-state index < -0.39 is 0 Å². The summed E-state index contributed by atoms with van der Waals surface area (Å²) in [5.41, 5.74) is 3.20. The van der Waals surface area contributed by atoms with Crippen LogP contribution in [0.15, 0.2) is 41.5 Å². The van der Waals surface area contributed by atoms with Crippen LogP contribution in [0.5, 0.6) is 17.2 Å². The maximum absolute atomic E-state index is 11.7. The Balaban J connectivity index is 1.56. The number of thiocarbonyl (C=S) groups is 1. The number of amides is 1. The van der Waals surface area contributed by atoms with Gasteiger partial charge in [-0.25, -0.2) is 0 Å². The average molecular weight is 431 g/mol. The molecule has 1 aliphatic heterocycles. The van der Waals surface area contributed by atoms with Gasteiger partial charge in [0.15, 0.2) is 15.8 Å². The van der Waals surface area contributed by atoms with E-state index in [1.165, 1.54) is 27.9 Å². The summed E-state index contributed by atoms with van der Waals surface area (Å²) in [4.78, 5) is 11.7. The molecule has 0 aliphatic carbocycles. The first-order valence-electron chi connectivity index (χ1n) is 9.02. The molecule has 0 aromatic heterocycles. The number of carbonyl (C=O) groups is 1. The fraction of sp³-hybridized carbons (Fsp3) is 0.286. The number of hydrogen-bond acceptors (Lipinski definition) is 7. The number of ether oxygens (including phenoxy) is 3. The van der Waals surface area contributed by atoms with Gasteiger partial charge >= 0.3 is 0 Å². The zero-order valence-corrected chi connectivity index (χ0v) is 18.1. The molecule has 152 valence electrons. The molecule has 8 heteroatoms. The van der Waals surface area contributed by atoms with Gasteiger partial charge in [0.2, 0.25) is 0 Å². The largest absolute Gasteiger partial charge is 0.493 e. The molecule has 1 fully saturated rings. The molecule has 0 bridgehead atoms. The van der Waals surface area contributed by atoms with Gasteiger partial charge < -0.3 is 14.2 Å². The Kier molecular flexibility index (Phi) is 7.11. The molecule has 3 rings (SSSR count). The molecular weight excluding hydrogens is 408 g/mol. The topological polar surface area (TPSA) is 60.4 Å². The highest BCUT2D eigenvalue weighted by atomic mass is 32.2. The molecule has 29 heavy (non-hydrogen) atoms. The monoisotopic (exact) mass is 430 g/mol. The van der Waals surface area contributed by atoms with E-state index in [2.05, 4.69) is 18.9 Å². The van der Waals surface area contributed by atoms with Crippen molar-refractivity contribution in [3.05, 3.63) is 53.1 Å². The van der Waals surface area contributed by atoms with E-state index in [1.807, 2.05) is 24.3 Å². The van der Waals surface area contributed by atoms with Crippen molar-refractivity contribution in [1.29, 1.82) is 0 Å². The van der Waals surface area contributed by atoms with Gasteiger partial charge in [0.25, 0.3) is 5.91 Å². The summed E-state index contributed by atoms with van der Waals surface area (Å²) in [5.74, 6) is 2.22. The van der Waals surface area contributed by atoms with Crippen molar-refractivity contribution in [2.75, 3.05) is 26.1 Å². The molecule has 1 saturated heterocycles. The smallest absolute Gasteiger partial charge is 0.259 e. The highest BCUT2D eigenvalue weighted by molar-refractivity contribution is 8.23. The first kappa shape index (κ1) is 21.1. The van der Waals surface area contributed by atoms with Crippen LogP contribution < -0.4 is 14.2 Å². The molecule has 0 radical (unpaired) electrons. The van der Waals surface area contributed by atoms with E-state index in [1.54, 1.807) is 25.5 Å². The van der Waals surface area contributed by atoms with Gasteiger partial charge in [0, 0.05) is 0 Å². The number of benzene rings is 2. The molecule has 1 amide bonds. The van der Waals surface area contributed by atoms with Crippen molar-refractivity contribution in [3.8, 4) is 17.2 Å². The maximum Gasteiger partial charge on any atom is 0.259 e. The lowest BCUT2D eigenvalue weighted by Gasteiger charge is -2.13. The molecule has 0 saturated carbocycles. The first-order chi connectivity index (χ1) is 14.0. The van der Waals surface area contributed by atoms with Crippen LogP contribution in [0, 0.1) is 13.8 Å². The van der Waals surface area contributed by atoms with Crippen LogP contribution in [0.1, 0.15) is 16.7 Å². The van der Waals surface area contributed by atoms with Crippen molar-refractivity contribution >= 4 is 40.4 Å². The van der Waals surface area contributed by atoms with Gasteiger partial charge in [0.1, 0.15) is 19.0 Å². The first-order valence-corrected chi connectivity index (χ1v) is 10.4. The van der Waals surface area contributed by atoms with Gasteiger partial charge in [-0.1, -0.05) is 30.0 Å². The van der Waals surface area contributed by atoms with E-state index >= 15 is 0 Å². The summed E-state index contributed by atoms with van der Waals surface area (Å²) in [6.45, 7) is 4.92. The van der Waals surface area contributed by atoms with Crippen LogP contribution in [-0.4, -0.2) is 47.5 Å². The lowest BCUT2D eigenvalue weighted by Crippen LogP contribution is -2.22. The van der Waals surface area contributed by atoms with Crippen molar-refractivity contribution in [3.63, 3.8) is 0 Å². The van der Waals surface area contributed by atoms with E-state index in [0.29, 0.717) is 34.8 Å². The molecule has 1 heterocycles. The van der Waals surface area contributed by atoms with E-state index in [0.717, 1.165) is 11.3 Å². The zero-order valence-electron chi connectivity index (χ0n) is 16.5. The molecule has 2 aromatic carbocycles. The highest BCUT2D eigenvalue weighted by Gasteiger charge is 2.25. The molecule has 0 N–H and O–H groups in total. The SMILES string of the molecule is COc1cc(C=NN2C(=O)CSC2=S)ccc1OCCOc1ccc(C)c(C)c1. The summed E-state index contributed by atoms with van der Waals surface area (Å²) in [7, 11) is 1.57. The average Bonchev–Trinajstić information content (AvgIpc) is 3.04.